The lowest BCUT2D eigenvalue weighted by Crippen LogP contribution is -2.37. The molecule has 0 radical (unpaired) electrons. The number of ether oxygens (including phenoxy) is 4. The topological polar surface area (TPSA) is 137 Å². The molecule has 39 heavy (non-hydrogen) atoms. The number of hydrazone groups is 1. The third-order valence-corrected chi connectivity index (χ3v) is 6.14. The van der Waals surface area contributed by atoms with Gasteiger partial charge in [0.2, 0.25) is 6.79 Å². The van der Waals surface area contributed by atoms with Crippen molar-refractivity contribution in [3.63, 3.8) is 0 Å². The molecule has 11 nitrogen and oxygen atoms in total. The molecule has 0 saturated carbocycles. The van der Waals surface area contributed by atoms with Crippen LogP contribution in [-0.2, 0) is 20.9 Å². The van der Waals surface area contributed by atoms with Gasteiger partial charge in [-0.05, 0) is 63.5 Å². The monoisotopic (exact) mass is 616 g/mol. The summed E-state index contributed by atoms with van der Waals surface area (Å²) in [5.74, 6) is -0.416. The van der Waals surface area contributed by atoms with Gasteiger partial charge in [0, 0.05) is 6.54 Å². The van der Waals surface area contributed by atoms with E-state index in [-0.39, 0.29) is 25.7 Å². The molecule has 0 spiro atoms. The maximum atomic E-state index is 12.3. The number of carbonyl (C=O) groups is 3. The highest BCUT2D eigenvalue weighted by Crippen LogP contribution is 2.36. The highest BCUT2D eigenvalue weighted by Gasteiger charge is 2.17. The van der Waals surface area contributed by atoms with E-state index < -0.39 is 17.7 Å². The van der Waals surface area contributed by atoms with Crippen LogP contribution in [-0.4, -0.2) is 44.4 Å². The minimum absolute atomic E-state index is 0.120. The minimum atomic E-state index is -0.942. The summed E-state index contributed by atoms with van der Waals surface area (Å²) < 4.78 is 22.0. The van der Waals surface area contributed by atoms with E-state index in [1.807, 2.05) is 0 Å². The molecule has 1 heterocycles. The predicted molar refractivity (Wildman–Crippen MR) is 146 cm³/mol. The van der Waals surface area contributed by atoms with Crippen molar-refractivity contribution >= 4 is 57.2 Å². The number of nitrogens with zero attached hydrogens (tertiary/aromatic N) is 1. The molecule has 4 rings (SSSR count). The molecular weight excluding hydrogens is 596 g/mol. The molecule has 13 heteroatoms. The Morgan fingerprint density at radius 3 is 2.67 bits per heavy atom. The molecule has 202 valence electrons. The van der Waals surface area contributed by atoms with Crippen LogP contribution in [0.5, 0.6) is 23.0 Å². The van der Waals surface area contributed by atoms with Crippen molar-refractivity contribution in [1.82, 2.24) is 10.7 Å². The van der Waals surface area contributed by atoms with Crippen molar-refractivity contribution in [2.75, 3.05) is 25.8 Å². The molecular formula is C26H22BrClN4O7. The zero-order valence-electron chi connectivity index (χ0n) is 20.5. The van der Waals surface area contributed by atoms with Gasteiger partial charge in [-0.15, -0.1) is 0 Å². The summed E-state index contributed by atoms with van der Waals surface area (Å²) in [6.45, 7) is -0.0367. The maximum Gasteiger partial charge on any atom is 0.329 e. The van der Waals surface area contributed by atoms with E-state index in [1.54, 1.807) is 54.6 Å². The average molecular weight is 618 g/mol. The van der Waals surface area contributed by atoms with Crippen LogP contribution in [0, 0.1) is 0 Å². The average Bonchev–Trinajstić information content (AvgIpc) is 3.40. The van der Waals surface area contributed by atoms with E-state index in [4.69, 9.17) is 30.5 Å². The number of rotatable bonds is 9. The van der Waals surface area contributed by atoms with Crippen LogP contribution >= 0.6 is 27.5 Å². The third kappa shape index (κ3) is 7.39. The number of para-hydroxylation sites is 1. The zero-order chi connectivity index (χ0) is 27.8. The van der Waals surface area contributed by atoms with Crippen molar-refractivity contribution in [2.24, 2.45) is 5.10 Å². The second-order valence-electron chi connectivity index (χ2n) is 7.92. The molecule has 0 unspecified atom stereocenters. The summed E-state index contributed by atoms with van der Waals surface area (Å²) in [5.41, 5.74) is 3.90. The van der Waals surface area contributed by atoms with Gasteiger partial charge in [-0.25, -0.2) is 5.43 Å². The lowest BCUT2D eigenvalue weighted by molar-refractivity contribution is -0.139. The molecule has 1 aliphatic heterocycles. The second kappa shape index (κ2) is 13.0. The summed E-state index contributed by atoms with van der Waals surface area (Å²) in [6.07, 6.45) is 1.32. The maximum absolute atomic E-state index is 12.3. The lowest BCUT2D eigenvalue weighted by Gasteiger charge is -2.14. The SMILES string of the molecule is COc1cc(/C=N\NC(=O)C(=O)NCc2ccc3c(c2)OCO3)cc(Br)c1OCC(=O)Nc1ccccc1Cl. The number of methoxy groups -OCH3 is 1. The lowest BCUT2D eigenvalue weighted by atomic mass is 10.2. The minimum Gasteiger partial charge on any atom is -0.493 e. The fourth-order valence-electron chi connectivity index (χ4n) is 3.37. The van der Waals surface area contributed by atoms with Gasteiger partial charge in [-0.1, -0.05) is 29.8 Å². The van der Waals surface area contributed by atoms with Gasteiger partial charge >= 0.3 is 11.8 Å². The summed E-state index contributed by atoms with van der Waals surface area (Å²) >= 11 is 9.45. The van der Waals surface area contributed by atoms with E-state index >= 15 is 0 Å². The number of fused-ring (bicyclic) bond motifs is 1. The summed E-state index contributed by atoms with van der Waals surface area (Å²) in [6, 6.07) is 15.3. The van der Waals surface area contributed by atoms with Gasteiger partial charge in [-0.2, -0.15) is 5.10 Å². The molecule has 0 saturated heterocycles. The van der Waals surface area contributed by atoms with Gasteiger partial charge in [0.05, 0.1) is 28.5 Å². The largest absolute Gasteiger partial charge is 0.493 e. The van der Waals surface area contributed by atoms with Crippen LogP contribution in [0.1, 0.15) is 11.1 Å². The number of nitrogens with one attached hydrogen (secondary N) is 3. The predicted octanol–water partition coefficient (Wildman–Crippen LogP) is 3.62. The molecule has 0 fully saturated rings. The highest BCUT2D eigenvalue weighted by atomic mass is 79.9. The molecule has 0 atom stereocenters. The number of hydrogen-bond donors (Lipinski definition) is 3. The molecule has 3 N–H and O–H groups in total. The molecule has 3 amide bonds. The summed E-state index contributed by atoms with van der Waals surface area (Å²) in [7, 11) is 1.44. The van der Waals surface area contributed by atoms with Gasteiger partial charge in [-0.3, -0.25) is 14.4 Å². The first-order valence-electron chi connectivity index (χ1n) is 11.4. The Morgan fingerprint density at radius 2 is 1.87 bits per heavy atom. The van der Waals surface area contributed by atoms with Crippen molar-refractivity contribution in [3.05, 3.63) is 75.2 Å². The van der Waals surface area contributed by atoms with Gasteiger partial charge in [0.25, 0.3) is 5.91 Å². The van der Waals surface area contributed by atoms with Crippen LogP contribution in [0.3, 0.4) is 0 Å². The smallest absolute Gasteiger partial charge is 0.329 e. The van der Waals surface area contributed by atoms with Crippen LogP contribution in [0.25, 0.3) is 0 Å². The Labute approximate surface area is 236 Å². The molecule has 0 aliphatic carbocycles. The Morgan fingerprint density at radius 1 is 1.08 bits per heavy atom. The van der Waals surface area contributed by atoms with E-state index in [0.717, 1.165) is 5.56 Å². The molecule has 3 aromatic carbocycles. The first kappa shape index (κ1) is 27.7. The van der Waals surface area contributed by atoms with Crippen molar-refractivity contribution in [1.29, 1.82) is 0 Å². The van der Waals surface area contributed by atoms with E-state index in [9.17, 15) is 14.4 Å². The van der Waals surface area contributed by atoms with Crippen molar-refractivity contribution < 1.29 is 33.3 Å². The number of amides is 3. The first-order chi connectivity index (χ1) is 18.8. The fraction of sp³-hybridized carbons (Fsp3) is 0.154. The van der Waals surface area contributed by atoms with Crippen LogP contribution in [0.4, 0.5) is 5.69 Å². The third-order valence-electron chi connectivity index (χ3n) is 5.22. The Bertz CT molecular complexity index is 1430. The summed E-state index contributed by atoms with van der Waals surface area (Å²) in [5, 5.41) is 9.41. The van der Waals surface area contributed by atoms with Gasteiger partial charge in [0.1, 0.15) is 0 Å². The van der Waals surface area contributed by atoms with Crippen LogP contribution in [0.2, 0.25) is 5.02 Å². The normalized spacial score (nSPS) is 11.7. The molecule has 3 aromatic rings. The van der Waals surface area contributed by atoms with Crippen molar-refractivity contribution in [3.8, 4) is 23.0 Å². The number of hydrogen-bond acceptors (Lipinski definition) is 8. The van der Waals surface area contributed by atoms with Crippen molar-refractivity contribution in [2.45, 2.75) is 6.54 Å². The van der Waals surface area contributed by atoms with E-state index in [2.05, 4.69) is 37.1 Å². The van der Waals surface area contributed by atoms with Crippen LogP contribution < -0.4 is 35.0 Å². The van der Waals surface area contributed by atoms with E-state index in [0.29, 0.717) is 38.0 Å². The quantitative estimate of drug-likeness (QED) is 0.190. The molecule has 0 aromatic heterocycles. The summed E-state index contributed by atoms with van der Waals surface area (Å²) in [4.78, 5) is 36.5. The number of carbonyl (C=O) groups excluding carboxylic acids is 3. The number of anilines is 1. The Hall–Kier alpha value is -4.29. The molecule has 0 bridgehead atoms. The highest BCUT2D eigenvalue weighted by molar-refractivity contribution is 9.10. The van der Waals surface area contributed by atoms with Crippen LogP contribution in [0.15, 0.2) is 64.2 Å². The second-order valence-corrected chi connectivity index (χ2v) is 9.18. The fourth-order valence-corrected chi connectivity index (χ4v) is 4.13. The zero-order valence-corrected chi connectivity index (χ0v) is 22.8. The number of benzene rings is 3. The van der Waals surface area contributed by atoms with Gasteiger partial charge < -0.3 is 29.6 Å². The van der Waals surface area contributed by atoms with E-state index in [1.165, 1.54) is 13.3 Å². The standard InChI is InChI=1S/C26H22BrClN4O7/c1-36-22-10-16(8-17(27)24(22)37-13-23(33)31-19-5-3-2-4-18(19)28)12-30-32-26(35)25(34)29-11-15-6-7-20-21(9-15)39-14-38-20/h2-10,12H,11,13-14H2,1H3,(H,29,34)(H,31,33)(H,32,35)/b30-12-. The van der Waals surface area contributed by atoms with Gasteiger partial charge in [0.15, 0.2) is 29.6 Å². The first-order valence-corrected chi connectivity index (χ1v) is 12.6. The Kier molecular flexibility index (Phi) is 9.23. The Balaban J connectivity index is 1.29. The molecule has 1 aliphatic rings. The number of halogens is 2.